The van der Waals surface area contributed by atoms with Gasteiger partial charge in [-0.3, -0.25) is 9.59 Å². The molecule has 1 heterocycles. The second-order valence-corrected chi connectivity index (χ2v) is 11.1. The van der Waals surface area contributed by atoms with Crippen LogP contribution in [-0.4, -0.2) is 29.2 Å². The fourth-order valence-electron chi connectivity index (χ4n) is 3.11. The van der Waals surface area contributed by atoms with Crippen LogP contribution >= 0.6 is 23.1 Å². The van der Waals surface area contributed by atoms with Crippen molar-refractivity contribution in [2.75, 3.05) is 17.7 Å². The van der Waals surface area contributed by atoms with Crippen LogP contribution in [0.5, 0.6) is 5.75 Å². The third-order valence-corrected chi connectivity index (χ3v) is 6.46. The summed E-state index contributed by atoms with van der Waals surface area (Å²) in [6, 6.07) is 15.2. The number of hydrogen-bond donors (Lipinski definition) is 2. The summed E-state index contributed by atoms with van der Waals surface area (Å²) in [7, 11) is 1.62. The summed E-state index contributed by atoms with van der Waals surface area (Å²) < 4.78 is 5.40. The standard InChI is InChI=1S/C25H29N3O3S2/c1-16(33-18-10-8-9-17(13-18)26-22(29)14-25(2,3)4)23(30)28-24-27-20(15-32-24)19-11-6-7-12-21(19)31-5/h6-13,15-16H,14H2,1-5H3,(H,26,29)(H,27,28,30). The minimum Gasteiger partial charge on any atom is -0.496 e. The Morgan fingerprint density at radius 2 is 1.88 bits per heavy atom. The van der Waals surface area contributed by atoms with Crippen molar-refractivity contribution >= 4 is 45.7 Å². The first-order chi connectivity index (χ1) is 15.6. The third-order valence-electron chi connectivity index (χ3n) is 4.61. The highest BCUT2D eigenvalue weighted by molar-refractivity contribution is 8.00. The van der Waals surface area contributed by atoms with Crippen LogP contribution in [0.25, 0.3) is 11.3 Å². The summed E-state index contributed by atoms with van der Waals surface area (Å²) in [5.74, 6) is 0.576. The van der Waals surface area contributed by atoms with E-state index in [1.807, 2.05) is 81.6 Å². The summed E-state index contributed by atoms with van der Waals surface area (Å²) in [6.07, 6.45) is 0.438. The monoisotopic (exact) mass is 483 g/mol. The lowest BCUT2D eigenvalue weighted by Crippen LogP contribution is -2.22. The number of thioether (sulfide) groups is 1. The summed E-state index contributed by atoms with van der Waals surface area (Å²) >= 11 is 2.80. The Morgan fingerprint density at radius 1 is 1.12 bits per heavy atom. The van der Waals surface area contributed by atoms with Gasteiger partial charge in [-0.2, -0.15) is 0 Å². The maximum Gasteiger partial charge on any atom is 0.239 e. The molecule has 0 saturated carbocycles. The zero-order valence-electron chi connectivity index (χ0n) is 19.5. The zero-order valence-corrected chi connectivity index (χ0v) is 21.1. The number of anilines is 2. The average Bonchev–Trinajstić information content (AvgIpc) is 3.20. The summed E-state index contributed by atoms with van der Waals surface area (Å²) in [4.78, 5) is 30.4. The molecule has 1 unspecified atom stereocenters. The van der Waals surface area contributed by atoms with Crippen LogP contribution in [-0.2, 0) is 9.59 Å². The van der Waals surface area contributed by atoms with Crippen molar-refractivity contribution in [1.82, 2.24) is 4.98 Å². The number of nitrogens with zero attached hydrogens (tertiary/aromatic N) is 1. The van der Waals surface area contributed by atoms with E-state index in [1.165, 1.54) is 23.1 Å². The molecule has 3 rings (SSSR count). The number of hydrogen-bond acceptors (Lipinski definition) is 6. The first-order valence-electron chi connectivity index (χ1n) is 10.6. The van der Waals surface area contributed by atoms with Gasteiger partial charge in [0.1, 0.15) is 5.75 Å². The number of amides is 2. The topological polar surface area (TPSA) is 80.3 Å². The molecule has 2 N–H and O–H groups in total. The number of rotatable bonds is 8. The maximum atomic E-state index is 12.7. The van der Waals surface area contributed by atoms with E-state index in [0.29, 0.717) is 11.6 Å². The molecule has 33 heavy (non-hydrogen) atoms. The van der Waals surface area contributed by atoms with Gasteiger partial charge < -0.3 is 15.4 Å². The lowest BCUT2D eigenvalue weighted by molar-refractivity contribution is -0.118. The normalized spacial score (nSPS) is 12.2. The van der Waals surface area contributed by atoms with E-state index in [-0.39, 0.29) is 22.5 Å². The molecule has 0 spiro atoms. The Kier molecular flexibility index (Phi) is 8.15. The van der Waals surface area contributed by atoms with Crippen molar-refractivity contribution in [2.45, 2.75) is 44.3 Å². The molecule has 1 atom stereocenters. The minimum absolute atomic E-state index is 0.0231. The van der Waals surface area contributed by atoms with Gasteiger partial charge in [-0.1, -0.05) is 39.0 Å². The fraction of sp³-hybridized carbons (Fsp3) is 0.320. The first-order valence-corrected chi connectivity index (χ1v) is 12.4. The van der Waals surface area contributed by atoms with Crippen LogP contribution in [0, 0.1) is 5.41 Å². The molecule has 0 aliphatic heterocycles. The molecule has 1 aromatic heterocycles. The Morgan fingerprint density at radius 3 is 2.61 bits per heavy atom. The SMILES string of the molecule is COc1ccccc1-c1csc(NC(=O)C(C)Sc2cccc(NC(=O)CC(C)(C)C)c2)n1. The lowest BCUT2D eigenvalue weighted by atomic mass is 9.92. The Hall–Kier alpha value is -2.84. The van der Waals surface area contributed by atoms with E-state index < -0.39 is 0 Å². The highest BCUT2D eigenvalue weighted by Gasteiger charge is 2.19. The molecule has 0 saturated heterocycles. The number of para-hydroxylation sites is 1. The molecule has 6 nitrogen and oxygen atoms in total. The van der Waals surface area contributed by atoms with E-state index in [4.69, 9.17) is 4.74 Å². The molecular formula is C25H29N3O3S2. The van der Waals surface area contributed by atoms with Crippen molar-refractivity contribution in [3.8, 4) is 17.0 Å². The van der Waals surface area contributed by atoms with Crippen molar-refractivity contribution < 1.29 is 14.3 Å². The van der Waals surface area contributed by atoms with Crippen LogP contribution in [0.4, 0.5) is 10.8 Å². The van der Waals surface area contributed by atoms with Gasteiger partial charge in [0.2, 0.25) is 11.8 Å². The molecule has 3 aromatic rings. The van der Waals surface area contributed by atoms with Crippen molar-refractivity contribution in [2.24, 2.45) is 5.41 Å². The third kappa shape index (κ3) is 7.33. The van der Waals surface area contributed by atoms with Crippen LogP contribution in [0.15, 0.2) is 58.8 Å². The predicted molar refractivity (Wildman–Crippen MR) is 137 cm³/mol. The van der Waals surface area contributed by atoms with Gasteiger partial charge in [0.15, 0.2) is 5.13 Å². The Balaban J connectivity index is 1.60. The van der Waals surface area contributed by atoms with Crippen molar-refractivity contribution in [1.29, 1.82) is 0 Å². The quantitative estimate of drug-likeness (QED) is 0.367. The minimum atomic E-state index is -0.343. The molecular weight excluding hydrogens is 454 g/mol. The second kappa shape index (κ2) is 10.9. The molecule has 2 amide bonds. The Bertz CT molecular complexity index is 1120. The van der Waals surface area contributed by atoms with Crippen molar-refractivity contribution in [3.05, 3.63) is 53.9 Å². The van der Waals surface area contributed by atoms with E-state index >= 15 is 0 Å². The molecule has 0 bridgehead atoms. The number of carbonyl (C=O) groups is 2. The number of nitrogens with one attached hydrogen (secondary N) is 2. The Labute approximate surface area is 203 Å². The molecule has 0 radical (unpaired) electrons. The van der Waals surface area contributed by atoms with Crippen LogP contribution in [0.1, 0.15) is 34.1 Å². The van der Waals surface area contributed by atoms with E-state index in [2.05, 4.69) is 15.6 Å². The summed E-state index contributed by atoms with van der Waals surface area (Å²) in [5.41, 5.74) is 2.28. The van der Waals surface area contributed by atoms with Gasteiger partial charge in [0.05, 0.1) is 18.1 Å². The lowest BCUT2D eigenvalue weighted by Gasteiger charge is -2.17. The molecule has 0 fully saturated rings. The molecule has 8 heteroatoms. The van der Waals surface area contributed by atoms with E-state index in [0.717, 1.165) is 27.6 Å². The predicted octanol–water partition coefficient (Wildman–Crippen LogP) is 6.31. The number of carbonyl (C=O) groups excluding carboxylic acids is 2. The number of methoxy groups -OCH3 is 1. The fourth-order valence-corrected chi connectivity index (χ4v) is 4.75. The number of benzene rings is 2. The van der Waals surface area contributed by atoms with Crippen LogP contribution in [0.3, 0.4) is 0 Å². The highest BCUT2D eigenvalue weighted by Crippen LogP contribution is 2.32. The van der Waals surface area contributed by atoms with E-state index in [1.54, 1.807) is 7.11 Å². The molecule has 2 aromatic carbocycles. The largest absolute Gasteiger partial charge is 0.496 e. The summed E-state index contributed by atoms with van der Waals surface area (Å²) in [5, 5.41) is 7.93. The van der Waals surface area contributed by atoms with Gasteiger partial charge in [-0.25, -0.2) is 4.98 Å². The number of ether oxygens (including phenoxy) is 1. The van der Waals surface area contributed by atoms with Crippen LogP contribution in [0.2, 0.25) is 0 Å². The molecule has 0 aliphatic rings. The van der Waals surface area contributed by atoms with Gasteiger partial charge in [0.25, 0.3) is 0 Å². The smallest absolute Gasteiger partial charge is 0.239 e. The number of aromatic nitrogens is 1. The molecule has 174 valence electrons. The summed E-state index contributed by atoms with van der Waals surface area (Å²) in [6.45, 7) is 7.93. The first kappa shape index (κ1) is 24.8. The number of thiazole rings is 1. The van der Waals surface area contributed by atoms with Gasteiger partial charge >= 0.3 is 0 Å². The van der Waals surface area contributed by atoms with Crippen molar-refractivity contribution in [3.63, 3.8) is 0 Å². The maximum absolute atomic E-state index is 12.7. The van der Waals surface area contributed by atoms with Gasteiger partial charge in [-0.15, -0.1) is 23.1 Å². The van der Waals surface area contributed by atoms with E-state index in [9.17, 15) is 9.59 Å². The van der Waals surface area contributed by atoms with Crippen LogP contribution < -0.4 is 15.4 Å². The van der Waals surface area contributed by atoms with Gasteiger partial charge in [0, 0.05) is 27.9 Å². The zero-order chi connectivity index (χ0) is 24.0. The average molecular weight is 484 g/mol. The second-order valence-electron chi connectivity index (χ2n) is 8.80. The highest BCUT2D eigenvalue weighted by atomic mass is 32.2. The van der Waals surface area contributed by atoms with Gasteiger partial charge in [-0.05, 0) is 42.7 Å². The molecule has 0 aliphatic carbocycles.